The third kappa shape index (κ3) is 3.06. The molecule has 1 aromatic carbocycles. The Kier molecular flexibility index (Phi) is 4.11. The van der Waals surface area contributed by atoms with Crippen LogP contribution in [0.5, 0.6) is 0 Å². The first-order valence-electron chi connectivity index (χ1n) is 8.01. The smallest absolute Gasteiger partial charge is 0.0483 e. The van der Waals surface area contributed by atoms with E-state index < -0.39 is 0 Å². The van der Waals surface area contributed by atoms with Gasteiger partial charge in [0.2, 0.25) is 0 Å². The number of aromatic nitrogens is 1. The lowest BCUT2D eigenvalue weighted by Gasteiger charge is -2.27. The Hall–Kier alpha value is -1.28. The van der Waals surface area contributed by atoms with Crippen molar-refractivity contribution in [2.45, 2.75) is 52.1 Å². The van der Waals surface area contributed by atoms with E-state index in [9.17, 15) is 0 Å². The first-order valence-corrected chi connectivity index (χ1v) is 8.01. The van der Waals surface area contributed by atoms with Crippen molar-refractivity contribution in [2.24, 2.45) is 5.92 Å². The lowest BCUT2D eigenvalue weighted by molar-refractivity contribution is 0.305. The molecule has 0 atom stereocenters. The highest BCUT2D eigenvalue weighted by Crippen LogP contribution is 2.23. The summed E-state index contributed by atoms with van der Waals surface area (Å²) in [6, 6.07) is 9.66. The molecule has 1 heterocycles. The van der Waals surface area contributed by atoms with Crippen molar-refractivity contribution in [3.63, 3.8) is 0 Å². The van der Waals surface area contributed by atoms with Crippen molar-refractivity contribution in [3.05, 3.63) is 36.0 Å². The molecule has 1 aliphatic carbocycles. The van der Waals surface area contributed by atoms with Gasteiger partial charge in [-0.15, -0.1) is 0 Å². The zero-order valence-corrected chi connectivity index (χ0v) is 12.7. The summed E-state index contributed by atoms with van der Waals surface area (Å²) in [5, 5.41) is 5.09. The van der Waals surface area contributed by atoms with Gasteiger partial charge in [0.1, 0.15) is 0 Å². The van der Waals surface area contributed by atoms with Crippen molar-refractivity contribution >= 4 is 10.9 Å². The second-order valence-corrected chi connectivity index (χ2v) is 6.48. The van der Waals surface area contributed by atoms with Gasteiger partial charge in [-0.2, -0.15) is 0 Å². The fourth-order valence-electron chi connectivity index (χ4n) is 3.34. The summed E-state index contributed by atoms with van der Waals surface area (Å²) in [5.74, 6) is 0.935. The molecule has 1 N–H and O–H groups in total. The minimum atomic E-state index is 0.745. The van der Waals surface area contributed by atoms with Crippen molar-refractivity contribution in [1.82, 2.24) is 9.88 Å². The van der Waals surface area contributed by atoms with Crippen LogP contribution in [0.4, 0.5) is 0 Å². The van der Waals surface area contributed by atoms with Gasteiger partial charge in [0.05, 0.1) is 0 Å². The zero-order chi connectivity index (χ0) is 13.9. The number of benzene rings is 1. The standard InChI is InChI=1S/C18H26N2/c1-14-4-7-17(8-5-14)19-10-12-20-11-9-16-6-3-15(2)13-18(16)20/h3,6,9,11,13-14,17,19H,4-5,7-8,10,12H2,1-2H3. The Bertz CT molecular complexity index is 562. The average Bonchev–Trinajstić information content (AvgIpc) is 2.84. The Morgan fingerprint density at radius 2 is 1.95 bits per heavy atom. The molecule has 1 fully saturated rings. The van der Waals surface area contributed by atoms with Gasteiger partial charge < -0.3 is 9.88 Å². The molecule has 1 saturated carbocycles. The molecule has 20 heavy (non-hydrogen) atoms. The van der Waals surface area contributed by atoms with Crippen LogP contribution < -0.4 is 5.32 Å². The van der Waals surface area contributed by atoms with E-state index in [1.807, 2.05) is 0 Å². The quantitative estimate of drug-likeness (QED) is 0.884. The molecule has 0 unspecified atom stereocenters. The summed E-state index contributed by atoms with van der Waals surface area (Å²) < 4.78 is 2.38. The first-order chi connectivity index (χ1) is 9.72. The van der Waals surface area contributed by atoms with Gasteiger partial charge in [-0.1, -0.05) is 19.1 Å². The van der Waals surface area contributed by atoms with Gasteiger partial charge in [0.25, 0.3) is 0 Å². The number of hydrogen-bond donors (Lipinski definition) is 1. The number of aryl methyl sites for hydroxylation is 1. The number of fused-ring (bicyclic) bond motifs is 1. The van der Waals surface area contributed by atoms with Crippen LogP contribution in [0.3, 0.4) is 0 Å². The van der Waals surface area contributed by atoms with Crippen LogP contribution in [0, 0.1) is 12.8 Å². The number of hydrogen-bond acceptors (Lipinski definition) is 1. The molecule has 0 saturated heterocycles. The van der Waals surface area contributed by atoms with Gasteiger partial charge in [-0.3, -0.25) is 0 Å². The second-order valence-electron chi connectivity index (χ2n) is 6.48. The minimum Gasteiger partial charge on any atom is -0.346 e. The average molecular weight is 270 g/mol. The summed E-state index contributed by atoms with van der Waals surface area (Å²) in [4.78, 5) is 0. The topological polar surface area (TPSA) is 17.0 Å². The van der Waals surface area contributed by atoms with E-state index in [4.69, 9.17) is 0 Å². The molecule has 0 radical (unpaired) electrons. The molecule has 2 aromatic rings. The van der Waals surface area contributed by atoms with E-state index in [1.165, 1.54) is 42.1 Å². The highest BCUT2D eigenvalue weighted by atomic mass is 15.0. The highest BCUT2D eigenvalue weighted by molar-refractivity contribution is 5.80. The molecule has 1 aliphatic rings. The summed E-state index contributed by atoms with van der Waals surface area (Å²) >= 11 is 0. The molecule has 0 bridgehead atoms. The molecule has 2 nitrogen and oxygen atoms in total. The Morgan fingerprint density at radius 3 is 2.75 bits per heavy atom. The van der Waals surface area contributed by atoms with Crippen molar-refractivity contribution in [3.8, 4) is 0 Å². The van der Waals surface area contributed by atoms with Crippen molar-refractivity contribution in [1.29, 1.82) is 0 Å². The molecular formula is C18H26N2. The summed E-state index contributed by atoms with van der Waals surface area (Å²) in [6.45, 7) is 6.69. The highest BCUT2D eigenvalue weighted by Gasteiger charge is 2.17. The van der Waals surface area contributed by atoms with Crippen LogP contribution >= 0.6 is 0 Å². The Morgan fingerprint density at radius 1 is 1.15 bits per heavy atom. The van der Waals surface area contributed by atoms with Gasteiger partial charge in [-0.05, 0) is 61.6 Å². The van der Waals surface area contributed by atoms with Gasteiger partial charge in [0.15, 0.2) is 0 Å². The number of nitrogens with one attached hydrogen (secondary N) is 1. The molecule has 1 aromatic heterocycles. The van der Waals surface area contributed by atoms with E-state index in [0.29, 0.717) is 0 Å². The Balaban J connectivity index is 1.56. The van der Waals surface area contributed by atoms with Crippen molar-refractivity contribution in [2.75, 3.05) is 6.54 Å². The fourth-order valence-corrected chi connectivity index (χ4v) is 3.34. The van der Waals surface area contributed by atoms with Gasteiger partial charge in [0, 0.05) is 30.8 Å². The van der Waals surface area contributed by atoms with Crippen LogP contribution in [0.1, 0.15) is 38.2 Å². The van der Waals surface area contributed by atoms with Crippen LogP contribution in [0.15, 0.2) is 30.5 Å². The van der Waals surface area contributed by atoms with E-state index in [0.717, 1.165) is 25.0 Å². The minimum absolute atomic E-state index is 0.745. The molecule has 108 valence electrons. The largest absolute Gasteiger partial charge is 0.346 e. The third-order valence-electron chi connectivity index (χ3n) is 4.73. The maximum Gasteiger partial charge on any atom is 0.0483 e. The van der Waals surface area contributed by atoms with Crippen LogP contribution in [-0.2, 0) is 6.54 Å². The monoisotopic (exact) mass is 270 g/mol. The predicted molar refractivity (Wildman–Crippen MR) is 86.1 cm³/mol. The van der Waals surface area contributed by atoms with E-state index in [1.54, 1.807) is 0 Å². The van der Waals surface area contributed by atoms with Crippen LogP contribution in [0.25, 0.3) is 10.9 Å². The number of nitrogens with zero attached hydrogens (tertiary/aromatic N) is 1. The first kappa shape index (κ1) is 13.7. The van der Waals surface area contributed by atoms with Gasteiger partial charge in [-0.25, -0.2) is 0 Å². The zero-order valence-electron chi connectivity index (χ0n) is 12.7. The summed E-state index contributed by atoms with van der Waals surface area (Å²) in [5.41, 5.74) is 2.70. The maximum atomic E-state index is 3.74. The fraction of sp³-hybridized carbons (Fsp3) is 0.556. The second kappa shape index (κ2) is 6.01. The molecule has 3 rings (SSSR count). The summed E-state index contributed by atoms with van der Waals surface area (Å²) in [6.07, 6.45) is 7.71. The molecule has 0 aliphatic heterocycles. The molecule has 0 amide bonds. The summed E-state index contributed by atoms with van der Waals surface area (Å²) in [7, 11) is 0. The lowest BCUT2D eigenvalue weighted by atomic mass is 9.87. The van der Waals surface area contributed by atoms with E-state index >= 15 is 0 Å². The van der Waals surface area contributed by atoms with Crippen LogP contribution in [-0.4, -0.2) is 17.2 Å². The molecule has 0 spiro atoms. The van der Waals surface area contributed by atoms with E-state index in [2.05, 4.69) is 54.2 Å². The molecular weight excluding hydrogens is 244 g/mol. The lowest BCUT2D eigenvalue weighted by Crippen LogP contribution is -2.34. The third-order valence-corrected chi connectivity index (χ3v) is 4.73. The van der Waals surface area contributed by atoms with Crippen molar-refractivity contribution < 1.29 is 0 Å². The normalized spacial score (nSPS) is 23.3. The SMILES string of the molecule is Cc1ccc2ccn(CCNC3CCC(C)CC3)c2c1. The number of rotatable bonds is 4. The maximum absolute atomic E-state index is 3.74. The predicted octanol–water partition coefficient (Wildman–Crippen LogP) is 4.12. The van der Waals surface area contributed by atoms with Gasteiger partial charge >= 0.3 is 0 Å². The Labute approximate surface area is 122 Å². The van der Waals surface area contributed by atoms with Crippen LogP contribution in [0.2, 0.25) is 0 Å². The van der Waals surface area contributed by atoms with E-state index in [-0.39, 0.29) is 0 Å². The molecule has 2 heteroatoms.